The molecule has 2 rings (SSSR count). The van der Waals surface area contributed by atoms with Crippen molar-refractivity contribution in [2.75, 3.05) is 12.8 Å². The first kappa shape index (κ1) is 18.0. The number of aromatic nitrogens is 1. The van der Waals surface area contributed by atoms with Gasteiger partial charge in [0.05, 0.1) is 19.0 Å². The molecule has 0 fully saturated rings. The maximum absolute atomic E-state index is 11.1. The molecule has 4 nitrogen and oxygen atoms in total. The molecule has 1 aromatic heterocycles. The fourth-order valence-corrected chi connectivity index (χ4v) is 2.40. The Hall–Kier alpha value is -1.01. The third-order valence-electron chi connectivity index (χ3n) is 2.75. The SMILES string of the molecule is COC(=O)CCc1ccc(Sc2ccc(N)cn2)cc1.[Na]. The van der Waals surface area contributed by atoms with Gasteiger partial charge in [-0.15, -0.1) is 0 Å². The topological polar surface area (TPSA) is 65.2 Å². The average Bonchev–Trinajstić information content (AvgIpc) is 2.48. The van der Waals surface area contributed by atoms with Crippen molar-refractivity contribution in [1.29, 1.82) is 0 Å². The molecule has 0 saturated heterocycles. The molecule has 0 aliphatic heterocycles. The van der Waals surface area contributed by atoms with Gasteiger partial charge < -0.3 is 10.5 Å². The molecule has 1 radical (unpaired) electrons. The van der Waals surface area contributed by atoms with Crippen molar-refractivity contribution in [2.24, 2.45) is 0 Å². The van der Waals surface area contributed by atoms with Crippen LogP contribution in [-0.4, -0.2) is 47.6 Å². The zero-order chi connectivity index (χ0) is 14.4. The van der Waals surface area contributed by atoms with Crippen LogP contribution in [0.4, 0.5) is 5.69 Å². The van der Waals surface area contributed by atoms with Crippen molar-refractivity contribution >= 4 is 53.0 Å². The normalized spacial score (nSPS) is 9.76. The van der Waals surface area contributed by atoms with Gasteiger partial charge in [0.2, 0.25) is 0 Å². The third kappa shape index (κ3) is 6.09. The number of hydrogen-bond donors (Lipinski definition) is 1. The molecule has 1 heterocycles. The minimum atomic E-state index is -0.186. The number of methoxy groups -OCH3 is 1. The maximum Gasteiger partial charge on any atom is 0.305 e. The molecule has 2 N–H and O–H groups in total. The third-order valence-corrected chi connectivity index (χ3v) is 3.71. The summed E-state index contributed by atoms with van der Waals surface area (Å²) < 4.78 is 4.62. The molecule has 0 atom stereocenters. The van der Waals surface area contributed by atoms with E-state index in [0.717, 1.165) is 15.5 Å². The Balaban J connectivity index is 0.00000220. The molecular weight excluding hydrogens is 295 g/mol. The fourth-order valence-electron chi connectivity index (χ4n) is 1.65. The van der Waals surface area contributed by atoms with E-state index in [0.29, 0.717) is 18.5 Å². The summed E-state index contributed by atoms with van der Waals surface area (Å²) in [7, 11) is 1.40. The zero-order valence-corrected chi connectivity index (χ0v) is 15.0. The maximum atomic E-state index is 11.1. The van der Waals surface area contributed by atoms with Crippen LogP contribution in [0.3, 0.4) is 0 Å². The van der Waals surface area contributed by atoms with Crippen LogP contribution in [0.5, 0.6) is 0 Å². The monoisotopic (exact) mass is 311 g/mol. The number of ether oxygens (including phenoxy) is 1. The van der Waals surface area contributed by atoms with E-state index in [9.17, 15) is 4.79 Å². The quantitative estimate of drug-likeness (QED) is 0.679. The van der Waals surface area contributed by atoms with Crippen LogP contribution in [-0.2, 0) is 16.0 Å². The van der Waals surface area contributed by atoms with Gasteiger partial charge in [-0.3, -0.25) is 4.79 Å². The van der Waals surface area contributed by atoms with E-state index in [4.69, 9.17) is 5.73 Å². The van der Waals surface area contributed by atoms with Crippen LogP contribution in [0.15, 0.2) is 52.5 Å². The van der Waals surface area contributed by atoms with Crippen molar-refractivity contribution in [2.45, 2.75) is 22.8 Å². The van der Waals surface area contributed by atoms with E-state index < -0.39 is 0 Å². The van der Waals surface area contributed by atoms with Crippen molar-refractivity contribution in [3.8, 4) is 0 Å². The van der Waals surface area contributed by atoms with Gasteiger partial charge in [-0.05, 0) is 36.2 Å². The molecule has 105 valence electrons. The number of benzene rings is 1. The molecule has 0 unspecified atom stereocenters. The van der Waals surface area contributed by atoms with Crippen LogP contribution in [0.25, 0.3) is 0 Å². The Morgan fingerprint density at radius 2 is 1.95 bits per heavy atom. The van der Waals surface area contributed by atoms with Gasteiger partial charge in [0.15, 0.2) is 0 Å². The molecule has 6 heteroatoms. The van der Waals surface area contributed by atoms with E-state index in [1.165, 1.54) is 7.11 Å². The molecule has 0 amide bonds. The molecule has 0 saturated carbocycles. The van der Waals surface area contributed by atoms with E-state index in [2.05, 4.69) is 9.72 Å². The van der Waals surface area contributed by atoms with Crippen LogP contribution >= 0.6 is 11.8 Å². The number of rotatable bonds is 5. The predicted octanol–water partition coefficient (Wildman–Crippen LogP) is 2.54. The number of nitrogen functional groups attached to an aromatic ring is 1. The predicted molar refractivity (Wildman–Crippen MR) is 85.3 cm³/mol. The number of anilines is 1. The summed E-state index contributed by atoms with van der Waals surface area (Å²) in [6.45, 7) is 0. The summed E-state index contributed by atoms with van der Waals surface area (Å²) in [6.07, 6.45) is 2.74. The number of nitrogens with two attached hydrogens (primary N) is 1. The molecular formula is C15H16N2NaO2S. The van der Waals surface area contributed by atoms with E-state index in [1.807, 2.05) is 36.4 Å². The Morgan fingerprint density at radius 1 is 1.24 bits per heavy atom. The van der Waals surface area contributed by atoms with Crippen LogP contribution in [0, 0.1) is 0 Å². The Morgan fingerprint density at radius 3 is 2.52 bits per heavy atom. The van der Waals surface area contributed by atoms with Gasteiger partial charge in [-0.25, -0.2) is 4.98 Å². The fraction of sp³-hybridized carbons (Fsp3) is 0.200. The van der Waals surface area contributed by atoms with Gasteiger partial charge in [0, 0.05) is 40.9 Å². The number of nitrogens with zero attached hydrogens (tertiary/aromatic N) is 1. The first-order valence-electron chi connectivity index (χ1n) is 6.22. The molecule has 2 aromatic rings. The van der Waals surface area contributed by atoms with Crippen LogP contribution < -0.4 is 5.73 Å². The minimum Gasteiger partial charge on any atom is -0.469 e. The van der Waals surface area contributed by atoms with Gasteiger partial charge in [-0.2, -0.15) is 0 Å². The average molecular weight is 311 g/mol. The Kier molecular flexibility index (Phi) is 7.82. The second-order valence-corrected chi connectivity index (χ2v) is 5.35. The number of carbonyl (C=O) groups is 1. The Bertz CT molecular complexity index is 573. The minimum absolute atomic E-state index is 0. The van der Waals surface area contributed by atoms with Crippen LogP contribution in [0.2, 0.25) is 0 Å². The van der Waals surface area contributed by atoms with E-state index >= 15 is 0 Å². The molecule has 21 heavy (non-hydrogen) atoms. The first-order chi connectivity index (χ1) is 9.67. The summed E-state index contributed by atoms with van der Waals surface area (Å²) in [4.78, 5) is 16.4. The second-order valence-electron chi connectivity index (χ2n) is 4.25. The molecule has 0 aliphatic carbocycles. The van der Waals surface area contributed by atoms with E-state index in [-0.39, 0.29) is 35.5 Å². The van der Waals surface area contributed by atoms with E-state index in [1.54, 1.807) is 18.0 Å². The number of carbonyl (C=O) groups excluding carboxylic acids is 1. The number of aryl methyl sites for hydroxylation is 1. The van der Waals surface area contributed by atoms with Gasteiger partial charge in [0.25, 0.3) is 0 Å². The molecule has 1 aromatic carbocycles. The summed E-state index contributed by atoms with van der Waals surface area (Å²) in [5.41, 5.74) is 7.38. The van der Waals surface area contributed by atoms with Crippen molar-refractivity contribution < 1.29 is 9.53 Å². The number of esters is 1. The Labute approximate surface area is 150 Å². The number of pyridine rings is 1. The van der Waals surface area contributed by atoms with Gasteiger partial charge in [-0.1, -0.05) is 23.9 Å². The number of hydrogen-bond acceptors (Lipinski definition) is 5. The molecule has 0 spiro atoms. The molecule has 0 bridgehead atoms. The summed E-state index contributed by atoms with van der Waals surface area (Å²) in [6, 6.07) is 11.8. The second kappa shape index (κ2) is 9.10. The molecule has 0 aliphatic rings. The van der Waals surface area contributed by atoms with Gasteiger partial charge in [0.1, 0.15) is 5.03 Å². The largest absolute Gasteiger partial charge is 0.469 e. The smallest absolute Gasteiger partial charge is 0.305 e. The zero-order valence-electron chi connectivity index (χ0n) is 12.2. The van der Waals surface area contributed by atoms with Gasteiger partial charge >= 0.3 is 5.97 Å². The van der Waals surface area contributed by atoms with Crippen molar-refractivity contribution in [3.05, 3.63) is 48.2 Å². The standard InChI is InChI=1S/C15H16N2O2S.Na/c1-19-15(18)9-4-11-2-6-13(7-3-11)20-14-8-5-12(16)10-17-14;/h2-3,5-8,10H,4,9,16H2,1H3;. The first-order valence-corrected chi connectivity index (χ1v) is 7.04. The summed E-state index contributed by atoms with van der Waals surface area (Å²) in [5, 5.41) is 0.904. The van der Waals surface area contributed by atoms with Crippen molar-refractivity contribution in [3.63, 3.8) is 0 Å². The van der Waals surface area contributed by atoms with Crippen LogP contribution in [0.1, 0.15) is 12.0 Å². The van der Waals surface area contributed by atoms with Crippen molar-refractivity contribution in [1.82, 2.24) is 4.98 Å². The summed E-state index contributed by atoms with van der Waals surface area (Å²) >= 11 is 1.58. The summed E-state index contributed by atoms with van der Waals surface area (Å²) in [5.74, 6) is -0.186.